The first kappa shape index (κ1) is 24.1. The van der Waals surface area contributed by atoms with Gasteiger partial charge in [-0.2, -0.15) is 0 Å². The van der Waals surface area contributed by atoms with Crippen molar-refractivity contribution in [1.82, 2.24) is 5.32 Å². The second kappa shape index (κ2) is 11.9. The summed E-state index contributed by atoms with van der Waals surface area (Å²) in [6.07, 6.45) is 3.13. The number of ether oxygens (including phenoxy) is 2. The minimum Gasteiger partial charge on any atom is -0.490 e. The third-order valence-electron chi connectivity index (χ3n) is 5.07. The van der Waals surface area contributed by atoms with Crippen molar-refractivity contribution in [3.63, 3.8) is 0 Å². The number of benzene rings is 2. The van der Waals surface area contributed by atoms with Gasteiger partial charge in [-0.25, -0.2) is 0 Å². The number of carbonyl (C=O) groups is 3. The molecule has 0 unspecified atom stereocenters. The normalized spacial score (nSPS) is 13.0. The summed E-state index contributed by atoms with van der Waals surface area (Å²) in [6, 6.07) is 12.0. The molecule has 3 rings (SSSR count). The summed E-state index contributed by atoms with van der Waals surface area (Å²) < 4.78 is 11.4. The van der Waals surface area contributed by atoms with Crippen molar-refractivity contribution in [2.75, 3.05) is 36.5 Å². The van der Waals surface area contributed by atoms with Crippen molar-refractivity contribution in [2.45, 2.75) is 39.5 Å². The van der Waals surface area contributed by atoms with Crippen LogP contribution in [-0.4, -0.2) is 44.0 Å². The van der Waals surface area contributed by atoms with E-state index in [1.54, 1.807) is 47.4 Å². The lowest BCUT2D eigenvalue weighted by Gasteiger charge is -2.16. The lowest BCUT2D eigenvalue weighted by molar-refractivity contribution is -0.117. The van der Waals surface area contributed by atoms with Crippen LogP contribution in [0.4, 0.5) is 11.4 Å². The van der Waals surface area contributed by atoms with Gasteiger partial charge in [0.15, 0.2) is 11.5 Å². The van der Waals surface area contributed by atoms with Gasteiger partial charge in [0.05, 0.1) is 19.8 Å². The van der Waals surface area contributed by atoms with E-state index in [2.05, 4.69) is 10.6 Å². The topological polar surface area (TPSA) is 97.0 Å². The first-order valence-corrected chi connectivity index (χ1v) is 11.4. The Kier molecular flexibility index (Phi) is 8.69. The first-order chi connectivity index (χ1) is 16.0. The molecule has 0 aromatic heterocycles. The zero-order valence-electron chi connectivity index (χ0n) is 19.2. The number of nitrogens with one attached hydrogen (secondary N) is 2. The zero-order chi connectivity index (χ0) is 23.6. The summed E-state index contributed by atoms with van der Waals surface area (Å²) in [5.41, 5.74) is 1.76. The molecule has 1 heterocycles. The molecule has 2 N–H and O–H groups in total. The van der Waals surface area contributed by atoms with Gasteiger partial charge < -0.3 is 25.0 Å². The van der Waals surface area contributed by atoms with Crippen LogP contribution in [0.1, 0.15) is 49.9 Å². The SMILES string of the molecule is CCCOc1ccc(NC(=O)CNC(=O)c2ccc(N3CCCC3=O)cc2)cc1OCCC. The van der Waals surface area contributed by atoms with Crippen LogP contribution in [0.3, 0.4) is 0 Å². The lowest BCUT2D eigenvalue weighted by atomic mass is 10.2. The zero-order valence-corrected chi connectivity index (χ0v) is 19.2. The minimum atomic E-state index is -0.361. The van der Waals surface area contributed by atoms with E-state index in [0.29, 0.717) is 48.9 Å². The van der Waals surface area contributed by atoms with Gasteiger partial charge in [-0.3, -0.25) is 14.4 Å². The van der Waals surface area contributed by atoms with E-state index in [-0.39, 0.29) is 24.3 Å². The third kappa shape index (κ3) is 6.71. The van der Waals surface area contributed by atoms with E-state index in [0.717, 1.165) is 24.9 Å². The number of carbonyl (C=O) groups excluding carboxylic acids is 3. The van der Waals surface area contributed by atoms with Gasteiger partial charge in [0.25, 0.3) is 5.91 Å². The predicted octanol–water partition coefficient (Wildman–Crippen LogP) is 3.76. The highest BCUT2D eigenvalue weighted by Crippen LogP contribution is 2.31. The summed E-state index contributed by atoms with van der Waals surface area (Å²) in [6.45, 7) is 5.68. The van der Waals surface area contributed by atoms with Crippen molar-refractivity contribution < 1.29 is 23.9 Å². The van der Waals surface area contributed by atoms with E-state index in [1.165, 1.54) is 0 Å². The number of rotatable bonds is 11. The fraction of sp³-hybridized carbons (Fsp3) is 0.400. The molecule has 0 atom stereocenters. The Hall–Kier alpha value is -3.55. The fourth-order valence-corrected chi connectivity index (χ4v) is 3.42. The number of amides is 3. The smallest absolute Gasteiger partial charge is 0.251 e. The molecule has 8 heteroatoms. The third-order valence-corrected chi connectivity index (χ3v) is 5.07. The van der Waals surface area contributed by atoms with Crippen LogP contribution < -0.4 is 25.0 Å². The van der Waals surface area contributed by atoms with E-state index in [1.807, 2.05) is 13.8 Å². The van der Waals surface area contributed by atoms with E-state index in [9.17, 15) is 14.4 Å². The number of hydrogen-bond donors (Lipinski definition) is 2. The highest BCUT2D eigenvalue weighted by molar-refractivity contribution is 6.00. The molecule has 1 fully saturated rings. The van der Waals surface area contributed by atoms with Gasteiger partial charge in [0.2, 0.25) is 11.8 Å². The average Bonchev–Trinajstić information content (AvgIpc) is 3.26. The molecule has 33 heavy (non-hydrogen) atoms. The number of anilines is 2. The monoisotopic (exact) mass is 453 g/mol. The molecular formula is C25H31N3O5. The largest absolute Gasteiger partial charge is 0.490 e. The van der Waals surface area contributed by atoms with Crippen molar-refractivity contribution >= 4 is 29.1 Å². The number of hydrogen-bond acceptors (Lipinski definition) is 5. The summed E-state index contributed by atoms with van der Waals surface area (Å²) in [5.74, 6) is 0.586. The molecular weight excluding hydrogens is 422 g/mol. The van der Waals surface area contributed by atoms with Crippen LogP contribution in [0.25, 0.3) is 0 Å². The molecule has 0 radical (unpaired) electrons. The van der Waals surface area contributed by atoms with Gasteiger partial charge in [-0.15, -0.1) is 0 Å². The van der Waals surface area contributed by atoms with Crippen molar-refractivity contribution in [1.29, 1.82) is 0 Å². The maximum absolute atomic E-state index is 12.4. The molecule has 2 aromatic rings. The van der Waals surface area contributed by atoms with E-state index in [4.69, 9.17) is 9.47 Å². The molecule has 8 nitrogen and oxygen atoms in total. The molecule has 0 saturated carbocycles. The maximum atomic E-state index is 12.4. The lowest BCUT2D eigenvalue weighted by Crippen LogP contribution is -2.32. The Labute approximate surface area is 194 Å². The van der Waals surface area contributed by atoms with E-state index < -0.39 is 0 Å². The minimum absolute atomic E-state index is 0.0945. The molecule has 0 aliphatic carbocycles. The highest BCUT2D eigenvalue weighted by atomic mass is 16.5. The Morgan fingerprint density at radius 3 is 2.30 bits per heavy atom. The first-order valence-electron chi connectivity index (χ1n) is 11.4. The predicted molar refractivity (Wildman–Crippen MR) is 127 cm³/mol. The molecule has 176 valence electrons. The van der Waals surface area contributed by atoms with E-state index >= 15 is 0 Å². The van der Waals surface area contributed by atoms with Gasteiger partial charge in [-0.05, 0) is 55.7 Å². The Morgan fingerprint density at radius 2 is 1.67 bits per heavy atom. The fourth-order valence-electron chi connectivity index (χ4n) is 3.42. The van der Waals surface area contributed by atoms with Gasteiger partial charge in [0.1, 0.15) is 0 Å². The summed E-state index contributed by atoms with van der Waals surface area (Å²) in [4.78, 5) is 38.3. The van der Waals surface area contributed by atoms with Crippen LogP contribution in [0.15, 0.2) is 42.5 Å². The van der Waals surface area contributed by atoms with Crippen LogP contribution in [0, 0.1) is 0 Å². The standard InChI is InChI=1S/C25H31N3O5/c1-3-14-32-21-12-9-19(16-22(21)33-15-4-2)27-23(29)17-26-25(31)18-7-10-20(11-8-18)28-13-5-6-24(28)30/h7-12,16H,3-6,13-15,17H2,1-2H3,(H,26,31)(H,27,29). The van der Waals surface area contributed by atoms with Crippen LogP contribution in [-0.2, 0) is 9.59 Å². The molecule has 1 aliphatic heterocycles. The molecule has 3 amide bonds. The Morgan fingerprint density at radius 1 is 0.970 bits per heavy atom. The van der Waals surface area contributed by atoms with Crippen molar-refractivity contribution in [3.05, 3.63) is 48.0 Å². The highest BCUT2D eigenvalue weighted by Gasteiger charge is 2.21. The van der Waals surface area contributed by atoms with Gasteiger partial charge in [0, 0.05) is 36.0 Å². The number of nitrogens with zero attached hydrogens (tertiary/aromatic N) is 1. The Bertz CT molecular complexity index is 975. The molecule has 2 aromatic carbocycles. The maximum Gasteiger partial charge on any atom is 0.251 e. The van der Waals surface area contributed by atoms with Crippen LogP contribution >= 0.6 is 0 Å². The van der Waals surface area contributed by atoms with Crippen molar-refractivity contribution in [2.24, 2.45) is 0 Å². The second-order valence-corrected chi connectivity index (χ2v) is 7.79. The average molecular weight is 454 g/mol. The van der Waals surface area contributed by atoms with Gasteiger partial charge >= 0.3 is 0 Å². The molecule has 1 saturated heterocycles. The summed E-state index contributed by atoms with van der Waals surface area (Å²) in [7, 11) is 0. The molecule has 0 spiro atoms. The molecule has 0 bridgehead atoms. The van der Waals surface area contributed by atoms with Crippen LogP contribution in [0.5, 0.6) is 11.5 Å². The summed E-state index contributed by atoms with van der Waals surface area (Å²) >= 11 is 0. The molecule has 1 aliphatic rings. The quantitative estimate of drug-likeness (QED) is 0.540. The Balaban J connectivity index is 1.54. The van der Waals surface area contributed by atoms with Crippen LogP contribution in [0.2, 0.25) is 0 Å². The van der Waals surface area contributed by atoms with Gasteiger partial charge in [-0.1, -0.05) is 13.8 Å². The second-order valence-electron chi connectivity index (χ2n) is 7.79. The van der Waals surface area contributed by atoms with Crippen molar-refractivity contribution in [3.8, 4) is 11.5 Å². The summed E-state index contributed by atoms with van der Waals surface area (Å²) in [5, 5.41) is 5.38.